The number of hydrogen-bond donors (Lipinski definition) is 0. The Labute approximate surface area is 213 Å². The average molecular weight is 521 g/mol. The fourth-order valence-electron chi connectivity index (χ4n) is 3.88. The summed E-state index contributed by atoms with van der Waals surface area (Å²) in [6.45, 7) is 7.05. The zero-order valence-electron chi connectivity index (χ0n) is 19.0. The van der Waals surface area contributed by atoms with Gasteiger partial charge in [-0.15, -0.1) is 12.4 Å². The first-order chi connectivity index (χ1) is 15.9. The van der Waals surface area contributed by atoms with Gasteiger partial charge in [-0.3, -0.25) is 24.2 Å². The van der Waals surface area contributed by atoms with Crippen molar-refractivity contribution in [1.82, 2.24) is 9.88 Å². The van der Waals surface area contributed by atoms with E-state index >= 15 is 0 Å². The number of rotatable bonds is 8. The van der Waals surface area contributed by atoms with Crippen LogP contribution in [0, 0.1) is 0 Å². The van der Waals surface area contributed by atoms with E-state index < -0.39 is 0 Å². The van der Waals surface area contributed by atoms with Crippen LogP contribution in [0.1, 0.15) is 37.0 Å². The van der Waals surface area contributed by atoms with Gasteiger partial charge in [-0.25, -0.2) is 4.98 Å². The summed E-state index contributed by atoms with van der Waals surface area (Å²) in [7, 11) is 0. The van der Waals surface area contributed by atoms with Crippen LogP contribution in [0.3, 0.4) is 0 Å². The number of likely N-dealkylation sites (N-methyl/N-ethyl adjacent to an activating group) is 1. The van der Waals surface area contributed by atoms with Crippen molar-refractivity contribution in [2.45, 2.75) is 26.7 Å². The predicted molar refractivity (Wildman–Crippen MR) is 140 cm³/mol. The van der Waals surface area contributed by atoms with Gasteiger partial charge in [-0.1, -0.05) is 48.9 Å². The molecular weight excluding hydrogens is 495 g/mol. The molecule has 1 aromatic heterocycles. The summed E-state index contributed by atoms with van der Waals surface area (Å²) >= 11 is 7.74. The lowest BCUT2D eigenvalue weighted by Gasteiger charge is -2.25. The highest BCUT2D eigenvalue weighted by molar-refractivity contribution is 7.22. The molecule has 0 radical (unpaired) electrons. The summed E-state index contributed by atoms with van der Waals surface area (Å²) in [5.74, 6) is -0.731. The highest BCUT2D eigenvalue weighted by Crippen LogP contribution is 2.34. The van der Waals surface area contributed by atoms with E-state index in [0.717, 1.165) is 22.7 Å². The molecule has 0 N–H and O–H groups in total. The number of imide groups is 1. The van der Waals surface area contributed by atoms with Crippen LogP contribution in [0.5, 0.6) is 0 Å². The van der Waals surface area contributed by atoms with Gasteiger partial charge in [-0.05, 0) is 43.4 Å². The van der Waals surface area contributed by atoms with Gasteiger partial charge in [0.25, 0.3) is 5.91 Å². The van der Waals surface area contributed by atoms with Crippen molar-refractivity contribution in [3.05, 3.63) is 53.1 Å². The van der Waals surface area contributed by atoms with E-state index in [2.05, 4.69) is 23.7 Å². The van der Waals surface area contributed by atoms with Crippen molar-refractivity contribution >= 4 is 74.1 Å². The van der Waals surface area contributed by atoms with E-state index in [1.54, 1.807) is 35.2 Å². The van der Waals surface area contributed by atoms with E-state index in [-0.39, 0.29) is 43.0 Å². The minimum Gasteiger partial charge on any atom is -0.302 e. The van der Waals surface area contributed by atoms with E-state index in [1.165, 1.54) is 11.3 Å². The monoisotopic (exact) mass is 520 g/mol. The van der Waals surface area contributed by atoms with Gasteiger partial charge >= 0.3 is 0 Å². The van der Waals surface area contributed by atoms with Crippen molar-refractivity contribution in [3.63, 3.8) is 0 Å². The minimum absolute atomic E-state index is 0. The molecular formula is C24H26Cl2N4O3S. The fourth-order valence-corrected chi connectivity index (χ4v) is 5.17. The number of aromatic nitrogens is 1. The lowest BCUT2D eigenvalue weighted by atomic mass is 10.1. The maximum atomic E-state index is 13.7. The topological polar surface area (TPSA) is 73.8 Å². The van der Waals surface area contributed by atoms with E-state index in [9.17, 15) is 14.4 Å². The van der Waals surface area contributed by atoms with E-state index in [0.29, 0.717) is 40.0 Å². The third-order valence-electron chi connectivity index (χ3n) is 5.77. The summed E-state index contributed by atoms with van der Waals surface area (Å²) in [6, 6.07) is 12.2. The molecule has 1 aliphatic rings. The van der Waals surface area contributed by atoms with Crippen molar-refractivity contribution < 1.29 is 14.4 Å². The van der Waals surface area contributed by atoms with Gasteiger partial charge in [0.2, 0.25) is 11.8 Å². The van der Waals surface area contributed by atoms with Crippen LogP contribution in [0.2, 0.25) is 5.02 Å². The Hall–Kier alpha value is -2.52. The SMILES string of the molecule is CCN(CC)CCN(C(=O)c1cccc(N2C(=O)CCC2=O)c1)c1nc2c(Cl)cccc2s1.Cl. The maximum absolute atomic E-state index is 13.7. The zero-order chi connectivity index (χ0) is 23.5. The molecule has 1 saturated heterocycles. The molecule has 4 rings (SSSR count). The number of thiazole rings is 1. The third-order valence-corrected chi connectivity index (χ3v) is 7.12. The number of amides is 3. The highest BCUT2D eigenvalue weighted by Gasteiger charge is 2.31. The molecule has 34 heavy (non-hydrogen) atoms. The van der Waals surface area contributed by atoms with E-state index in [4.69, 9.17) is 11.6 Å². The number of anilines is 2. The molecule has 0 spiro atoms. The first-order valence-corrected chi connectivity index (χ1v) is 12.2. The lowest BCUT2D eigenvalue weighted by Crippen LogP contribution is -2.39. The van der Waals surface area contributed by atoms with Crippen LogP contribution in [0.4, 0.5) is 10.8 Å². The number of para-hydroxylation sites is 1. The highest BCUT2D eigenvalue weighted by atomic mass is 35.5. The smallest absolute Gasteiger partial charge is 0.260 e. The van der Waals surface area contributed by atoms with Gasteiger partial charge in [0.05, 0.1) is 15.4 Å². The fraction of sp³-hybridized carbons (Fsp3) is 0.333. The van der Waals surface area contributed by atoms with Gasteiger partial charge in [0.15, 0.2) is 5.13 Å². The largest absolute Gasteiger partial charge is 0.302 e. The molecule has 0 unspecified atom stereocenters. The molecule has 0 saturated carbocycles. The van der Waals surface area contributed by atoms with Crippen LogP contribution in [-0.2, 0) is 9.59 Å². The number of benzene rings is 2. The van der Waals surface area contributed by atoms with Crippen LogP contribution < -0.4 is 9.80 Å². The van der Waals surface area contributed by atoms with Crippen LogP contribution in [0.25, 0.3) is 10.2 Å². The summed E-state index contributed by atoms with van der Waals surface area (Å²) in [5, 5.41) is 1.10. The van der Waals surface area contributed by atoms with Crippen LogP contribution in [-0.4, -0.2) is 53.8 Å². The van der Waals surface area contributed by atoms with Crippen LogP contribution in [0.15, 0.2) is 42.5 Å². The van der Waals surface area contributed by atoms with Gasteiger partial charge in [-0.2, -0.15) is 0 Å². The molecule has 1 aliphatic heterocycles. The lowest BCUT2D eigenvalue weighted by molar-refractivity contribution is -0.121. The normalized spacial score (nSPS) is 13.6. The standard InChI is InChI=1S/C24H25ClN4O3S.ClH/c1-3-27(4-2)13-14-28(24-26-22-18(25)9-6-10-19(22)33-24)23(32)16-7-5-8-17(15-16)29-20(30)11-12-21(29)31;/h5-10,15H,3-4,11-14H2,1-2H3;1H. The predicted octanol–water partition coefficient (Wildman–Crippen LogP) is 5.01. The summed E-state index contributed by atoms with van der Waals surface area (Å²) in [4.78, 5) is 47.8. The molecule has 2 aromatic carbocycles. The van der Waals surface area contributed by atoms with Gasteiger partial charge in [0, 0.05) is 31.5 Å². The average Bonchev–Trinajstić information content (AvgIpc) is 3.40. The van der Waals surface area contributed by atoms with Crippen molar-refractivity contribution in [2.75, 3.05) is 36.0 Å². The molecule has 10 heteroatoms. The molecule has 0 bridgehead atoms. The number of nitrogens with zero attached hydrogens (tertiary/aromatic N) is 4. The molecule has 7 nitrogen and oxygen atoms in total. The summed E-state index contributed by atoms with van der Waals surface area (Å²) in [5.41, 5.74) is 1.48. The second kappa shape index (κ2) is 11.3. The zero-order valence-corrected chi connectivity index (χ0v) is 21.4. The Morgan fingerprint density at radius 3 is 2.38 bits per heavy atom. The third kappa shape index (κ3) is 5.25. The second-order valence-corrected chi connectivity index (χ2v) is 9.16. The summed E-state index contributed by atoms with van der Waals surface area (Å²) < 4.78 is 0.903. The Balaban J connectivity index is 0.00000324. The quantitative estimate of drug-likeness (QED) is 0.390. The number of fused-ring (bicyclic) bond motifs is 1. The van der Waals surface area contributed by atoms with Crippen molar-refractivity contribution in [1.29, 1.82) is 0 Å². The van der Waals surface area contributed by atoms with Crippen LogP contribution >= 0.6 is 35.3 Å². The molecule has 3 aromatic rings. The molecule has 2 heterocycles. The Morgan fingerprint density at radius 2 is 1.74 bits per heavy atom. The number of carbonyl (C=O) groups excluding carboxylic acids is 3. The molecule has 1 fully saturated rings. The number of carbonyl (C=O) groups is 3. The van der Waals surface area contributed by atoms with E-state index in [1.807, 2.05) is 12.1 Å². The van der Waals surface area contributed by atoms with Crippen molar-refractivity contribution in [2.24, 2.45) is 0 Å². The molecule has 0 atom stereocenters. The molecule has 180 valence electrons. The Morgan fingerprint density at radius 1 is 1.06 bits per heavy atom. The number of halogens is 2. The Bertz CT molecular complexity index is 1200. The van der Waals surface area contributed by atoms with Crippen molar-refractivity contribution in [3.8, 4) is 0 Å². The first-order valence-electron chi connectivity index (χ1n) is 11.0. The minimum atomic E-state index is -0.246. The number of hydrogen-bond acceptors (Lipinski definition) is 6. The summed E-state index contributed by atoms with van der Waals surface area (Å²) in [6.07, 6.45) is 0.388. The first kappa shape index (κ1) is 26.1. The maximum Gasteiger partial charge on any atom is 0.260 e. The Kier molecular flexibility index (Phi) is 8.65. The molecule has 0 aliphatic carbocycles. The van der Waals surface area contributed by atoms with Gasteiger partial charge in [0.1, 0.15) is 5.52 Å². The van der Waals surface area contributed by atoms with Gasteiger partial charge < -0.3 is 4.90 Å². The molecule has 3 amide bonds. The second-order valence-electron chi connectivity index (χ2n) is 7.74.